The van der Waals surface area contributed by atoms with Crippen LogP contribution in [0, 0.1) is 11.3 Å². The van der Waals surface area contributed by atoms with Crippen LogP contribution in [-0.2, 0) is 14.8 Å². The molecule has 1 aromatic heterocycles. The summed E-state index contributed by atoms with van der Waals surface area (Å²) < 4.78 is 33.9. The number of nitrogens with zero attached hydrogens (tertiary/aromatic N) is 2. The second-order valence-electron chi connectivity index (χ2n) is 9.65. The number of carbonyl (C=O) groups excluding carboxylic acids is 1. The van der Waals surface area contributed by atoms with Gasteiger partial charge >= 0.3 is 0 Å². The summed E-state index contributed by atoms with van der Waals surface area (Å²) in [6.07, 6.45) is 2.58. The van der Waals surface area contributed by atoms with E-state index in [2.05, 4.69) is 39.3 Å². The fraction of sp³-hybridized carbons (Fsp3) is 0.400. The summed E-state index contributed by atoms with van der Waals surface area (Å²) >= 11 is 0. The van der Waals surface area contributed by atoms with E-state index in [0.717, 1.165) is 19.3 Å². The maximum atomic E-state index is 12.9. The van der Waals surface area contributed by atoms with E-state index in [-0.39, 0.29) is 22.3 Å². The van der Waals surface area contributed by atoms with E-state index in [9.17, 15) is 13.2 Å². The van der Waals surface area contributed by atoms with Crippen molar-refractivity contribution in [3.63, 3.8) is 0 Å². The first-order valence-corrected chi connectivity index (χ1v) is 13.1. The van der Waals surface area contributed by atoms with Crippen molar-refractivity contribution in [2.24, 2.45) is 11.3 Å². The van der Waals surface area contributed by atoms with E-state index in [0.29, 0.717) is 34.6 Å². The zero-order chi connectivity index (χ0) is 25.2. The number of benzene rings is 2. The minimum atomic E-state index is -3.84. The van der Waals surface area contributed by atoms with Gasteiger partial charge in [0.1, 0.15) is 0 Å². The zero-order valence-corrected chi connectivity index (χ0v) is 21.1. The monoisotopic (exact) mass is 497 g/mol. The SMILES string of the molecule is CN[C@@H](CC(C)C)c1nc(-c2ccc(S(=O)(=O)Nc3cccc(NC(=O)C4(C)CC4)c3)cc2)no1. The van der Waals surface area contributed by atoms with Gasteiger partial charge in [0.2, 0.25) is 17.6 Å². The Morgan fingerprint density at radius 2 is 1.80 bits per heavy atom. The lowest BCUT2D eigenvalue weighted by Gasteiger charge is -2.13. The first-order chi connectivity index (χ1) is 16.6. The quantitative estimate of drug-likeness (QED) is 0.374. The number of sulfonamides is 1. The highest BCUT2D eigenvalue weighted by Crippen LogP contribution is 2.45. The molecule has 1 aliphatic rings. The lowest BCUT2D eigenvalue weighted by molar-refractivity contribution is -0.120. The third kappa shape index (κ3) is 5.88. The van der Waals surface area contributed by atoms with E-state index in [1.165, 1.54) is 12.1 Å². The molecule has 1 atom stereocenters. The van der Waals surface area contributed by atoms with Gasteiger partial charge in [0.15, 0.2) is 0 Å². The van der Waals surface area contributed by atoms with E-state index >= 15 is 0 Å². The minimum Gasteiger partial charge on any atom is -0.337 e. The molecule has 1 fully saturated rings. The molecule has 1 heterocycles. The van der Waals surface area contributed by atoms with E-state index in [1.54, 1.807) is 36.4 Å². The van der Waals surface area contributed by atoms with Crippen molar-refractivity contribution in [2.45, 2.75) is 51.0 Å². The number of hydrogen-bond donors (Lipinski definition) is 3. The number of nitrogens with one attached hydrogen (secondary N) is 3. The molecule has 0 radical (unpaired) electrons. The number of rotatable bonds is 10. The normalized spacial score (nSPS) is 15.6. The number of amides is 1. The van der Waals surface area contributed by atoms with Crippen LogP contribution in [0.4, 0.5) is 11.4 Å². The van der Waals surface area contributed by atoms with Crippen LogP contribution in [0.25, 0.3) is 11.4 Å². The summed E-state index contributed by atoms with van der Waals surface area (Å²) in [5.74, 6) is 1.30. The van der Waals surface area contributed by atoms with Crippen LogP contribution in [0.15, 0.2) is 57.9 Å². The van der Waals surface area contributed by atoms with Gasteiger partial charge < -0.3 is 15.2 Å². The Labute approximate surface area is 205 Å². The Hall–Kier alpha value is -3.24. The lowest BCUT2D eigenvalue weighted by Crippen LogP contribution is -2.21. The summed E-state index contributed by atoms with van der Waals surface area (Å²) in [5.41, 5.74) is 1.23. The molecule has 0 bridgehead atoms. The van der Waals surface area contributed by atoms with Crippen LogP contribution in [0.5, 0.6) is 0 Å². The van der Waals surface area contributed by atoms with Crippen LogP contribution >= 0.6 is 0 Å². The molecule has 1 amide bonds. The molecule has 1 aliphatic carbocycles. The first-order valence-electron chi connectivity index (χ1n) is 11.7. The second kappa shape index (κ2) is 9.79. The fourth-order valence-corrected chi connectivity index (χ4v) is 4.71. The van der Waals surface area contributed by atoms with E-state index in [4.69, 9.17) is 4.52 Å². The van der Waals surface area contributed by atoms with Crippen molar-refractivity contribution in [1.82, 2.24) is 15.5 Å². The average Bonchev–Trinajstić information content (AvgIpc) is 3.38. The molecule has 10 heteroatoms. The van der Waals surface area contributed by atoms with E-state index in [1.807, 2.05) is 14.0 Å². The summed E-state index contributed by atoms with van der Waals surface area (Å²) in [6.45, 7) is 6.16. The molecule has 186 valence electrons. The van der Waals surface area contributed by atoms with Gasteiger partial charge in [-0.2, -0.15) is 4.98 Å². The van der Waals surface area contributed by atoms with Gasteiger partial charge in [-0.15, -0.1) is 0 Å². The van der Waals surface area contributed by atoms with Gasteiger partial charge in [-0.25, -0.2) is 8.42 Å². The van der Waals surface area contributed by atoms with Gasteiger partial charge in [0, 0.05) is 16.7 Å². The van der Waals surface area contributed by atoms with Crippen molar-refractivity contribution in [1.29, 1.82) is 0 Å². The highest BCUT2D eigenvalue weighted by molar-refractivity contribution is 7.92. The highest BCUT2D eigenvalue weighted by Gasteiger charge is 2.44. The average molecular weight is 498 g/mol. The topological polar surface area (TPSA) is 126 Å². The molecular formula is C25H31N5O4S. The Balaban J connectivity index is 1.45. The van der Waals surface area contributed by atoms with Crippen LogP contribution in [0.1, 0.15) is 52.0 Å². The summed E-state index contributed by atoms with van der Waals surface area (Å²) in [7, 11) is -1.99. The first kappa shape index (κ1) is 24.9. The van der Waals surface area contributed by atoms with Gasteiger partial charge in [0.25, 0.3) is 10.0 Å². The summed E-state index contributed by atoms with van der Waals surface area (Å²) in [5, 5.41) is 10.1. The molecule has 3 N–H and O–H groups in total. The molecule has 3 aromatic rings. The molecule has 0 aliphatic heterocycles. The van der Waals surface area contributed by atoms with Gasteiger partial charge in [-0.3, -0.25) is 9.52 Å². The Morgan fingerprint density at radius 1 is 1.11 bits per heavy atom. The molecule has 2 aromatic carbocycles. The van der Waals surface area contributed by atoms with Crippen molar-refractivity contribution < 1.29 is 17.7 Å². The van der Waals surface area contributed by atoms with Crippen LogP contribution in [0.3, 0.4) is 0 Å². The smallest absolute Gasteiger partial charge is 0.261 e. The van der Waals surface area contributed by atoms with Crippen molar-refractivity contribution >= 4 is 27.3 Å². The van der Waals surface area contributed by atoms with Crippen LogP contribution in [0.2, 0.25) is 0 Å². The molecule has 4 rings (SSSR count). The molecule has 9 nitrogen and oxygen atoms in total. The number of hydrogen-bond acceptors (Lipinski definition) is 7. The molecular weight excluding hydrogens is 466 g/mol. The Bertz CT molecular complexity index is 1300. The van der Waals surface area contributed by atoms with Crippen LogP contribution in [-0.4, -0.2) is 31.5 Å². The molecule has 0 unspecified atom stereocenters. The largest absolute Gasteiger partial charge is 0.337 e. The van der Waals surface area contributed by atoms with Crippen molar-refractivity contribution in [3.05, 3.63) is 54.4 Å². The van der Waals surface area contributed by atoms with Gasteiger partial charge in [0.05, 0.1) is 16.6 Å². The van der Waals surface area contributed by atoms with Crippen molar-refractivity contribution in [2.75, 3.05) is 17.1 Å². The molecule has 35 heavy (non-hydrogen) atoms. The third-order valence-corrected chi connectivity index (χ3v) is 7.54. The third-order valence-electron chi connectivity index (χ3n) is 6.14. The molecule has 0 saturated heterocycles. The number of aromatic nitrogens is 2. The summed E-state index contributed by atoms with van der Waals surface area (Å²) in [6, 6.07) is 12.9. The minimum absolute atomic E-state index is 0.0483. The number of carbonyl (C=O) groups is 1. The Morgan fingerprint density at radius 3 is 2.43 bits per heavy atom. The predicted octanol–water partition coefficient (Wildman–Crippen LogP) is 4.58. The zero-order valence-electron chi connectivity index (χ0n) is 20.3. The maximum absolute atomic E-state index is 12.9. The molecule has 0 spiro atoms. The van der Waals surface area contributed by atoms with Gasteiger partial charge in [-0.1, -0.05) is 32.0 Å². The predicted molar refractivity (Wildman–Crippen MR) is 134 cm³/mol. The fourth-order valence-electron chi connectivity index (χ4n) is 3.66. The lowest BCUT2D eigenvalue weighted by atomic mass is 10.0. The van der Waals surface area contributed by atoms with Crippen LogP contribution < -0.4 is 15.4 Å². The van der Waals surface area contributed by atoms with E-state index < -0.39 is 10.0 Å². The highest BCUT2D eigenvalue weighted by atomic mass is 32.2. The second-order valence-corrected chi connectivity index (χ2v) is 11.3. The maximum Gasteiger partial charge on any atom is 0.261 e. The standard InChI is InChI=1S/C25H31N5O4S/c1-16(2)14-21(26-4)23-28-22(29-34-23)17-8-10-20(11-9-17)35(32,33)30-19-7-5-6-18(15-19)27-24(31)25(3)12-13-25/h5-11,15-16,21,26,30H,12-14H2,1-4H3,(H,27,31)/t21-/m0/s1. The number of anilines is 2. The van der Waals surface area contributed by atoms with Crippen molar-refractivity contribution in [3.8, 4) is 11.4 Å². The Kier molecular flexibility index (Phi) is 6.95. The summed E-state index contributed by atoms with van der Waals surface area (Å²) in [4.78, 5) is 16.9. The molecule has 1 saturated carbocycles. The van der Waals surface area contributed by atoms with Gasteiger partial charge in [-0.05, 0) is 74.7 Å².